The highest BCUT2D eigenvalue weighted by molar-refractivity contribution is 6.30. The SMILES string of the molecule is CCC(NC1CCCCCC1O)c1ccc(Cl)cc1. The Bertz CT molecular complexity index is 379. The Hall–Kier alpha value is -0.570. The second-order valence-corrected chi connectivity index (χ2v) is 5.93. The Morgan fingerprint density at radius 1 is 1.21 bits per heavy atom. The van der Waals surface area contributed by atoms with Gasteiger partial charge >= 0.3 is 0 Å². The standard InChI is InChI=1S/C16H24ClNO/c1-2-14(12-8-10-13(17)11-9-12)18-15-6-4-3-5-7-16(15)19/h8-11,14-16,18-19H,2-7H2,1H3. The molecule has 1 saturated carbocycles. The monoisotopic (exact) mass is 281 g/mol. The first-order valence-electron chi connectivity index (χ1n) is 7.40. The molecule has 2 N–H and O–H groups in total. The van der Waals surface area contributed by atoms with E-state index in [-0.39, 0.29) is 12.1 Å². The van der Waals surface area contributed by atoms with Crippen LogP contribution in [-0.4, -0.2) is 17.3 Å². The first kappa shape index (κ1) is 14.8. The highest BCUT2D eigenvalue weighted by atomic mass is 35.5. The minimum Gasteiger partial charge on any atom is -0.392 e. The van der Waals surface area contributed by atoms with Crippen LogP contribution in [0.2, 0.25) is 5.02 Å². The van der Waals surface area contributed by atoms with Crippen molar-refractivity contribution in [3.63, 3.8) is 0 Å². The fraction of sp³-hybridized carbons (Fsp3) is 0.625. The molecule has 19 heavy (non-hydrogen) atoms. The van der Waals surface area contributed by atoms with Crippen LogP contribution in [0.3, 0.4) is 0 Å². The lowest BCUT2D eigenvalue weighted by molar-refractivity contribution is 0.113. The van der Waals surface area contributed by atoms with Gasteiger partial charge < -0.3 is 10.4 Å². The van der Waals surface area contributed by atoms with Crippen molar-refractivity contribution in [2.75, 3.05) is 0 Å². The van der Waals surface area contributed by atoms with E-state index in [1.54, 1.807) is 0 Å². The van der Waals surface area contributed by atoms with Crippen LogP contribution in [0.4, 0.5) is 0 Å². The van der Waals surface area contributed by atoms with E-state index in [1.807, 2.05) is 12.1 Å². The van der Waals surface area contributed by atoms with E-state index < -0.39 is 0 Å². The second-order valence-electron chi connectivity index (χ2n) is 5.49. The fourth-order valence-corrected chi connectivity index (χ4v) is 3.01. The van der Waals surface area contributed by atoms with Crippen molar-refractivity contribution in [2.45, 2.75) is 63.6 Å². The maximum absolute atomic E-state index is 10.2. The summed E-state index contributed by atoms with van der Waals surface area (Å²) in [4.78, 5) is 0. The molecule has 0 radical (unpaired) electrons. The van der Waals surface area contributed by atoms with E-state index in [4.69, 9.17) is 11.6 Å². The summed E-state index contributed by atoms with van der Waals surface area (Å²) in [6.07, 6.45) is 6.42. The fourth-order valence-electron chi connectivity index (χ4n) is 2.89. The van der Waals surface area contributed by atoms with Gasteiger partial charge in [0.2, 0.25) is 0 Å². The van der Waals surface area contributed by atoms with Crippen LogP contribution in [0.5, 0.6) is 0 Å². The lowest BCUT2D eigenvalue weighted by Crippen LogP contribution is -2.41. The average Bonchev–Trinajstić information content (AvgIpc) is 2.62. The van der Waals surface area contributed by atoms with Gasteiger partial charge in [-0.15, -0.1) is 0 Å². The average molecular weight is 282 g/mol. The van der Waals surface area contributed by atoms with Crippen molar-refractivity contribution >= 4 is 11.6 Å². The van der Waals surface area contributed by atoms with Gasteiger partial charge in [0.1, 0.15) is 0 Å². The molecule has 3 atom stereocenters. The lowest BCUT2D eigenvalue weighted by atomic mass is 10.00. The van der Waals surface area contributed by atoms with Crippen molar-refractivity contribution in [2.24, 2.45) is 0 Å². The van der Waals surface area contributed by atoms with Crippen LogP contribution < -0.4 is 5.32 Å². The number of hydrogen-bond donors (Lipinski definition) is 2. The zero-order valence-corrected chi connectivity index (χ0v) is 12.4. The predicted molar refractivity (Wildman–Crippen MR) is 80.5 cm³/mol. The summed E-state index contributed by atoms with van der Waals surface area (Å²) in [5.41, 5.74) is 1.25. The first-order valence-corrected chi connectivity index (χ1v) is 7.78. The molecule has 1 aliphatic carbocycles. The summed E-state index contributed by atoms with van der Waals surface area (Å²) >= 11 is 5.94. The zero-order valence-electron chi connectivity index (χ0n) is 11.6. The third kappa shape index (κ3) is 4.20. The van der Waals surface area contributed by atoms with Crippen LogP contribution in [0.1, 0.15) is 57.1 Å². The summed E-state index contributed by atoms with van der Waals surface area (Å²) in [7, 11) is 0. The molecule has 1 aliphatic rings. The van der Waals surface area contributed by atoms with Gasteiger partial charge in [-0.3, -0.25) is 0 Å². The smallest absolute Gasteiger partial charge is 0.0693 e. The van der Waals surface area contributed by atoms with Crippen LogP contribution in [0, 0.1) is 0 Å². The highest BCUT2D eigenvalue weighted by Crippen LogP contribution is 2.24. The molecule has 0 aromatic heterocycles. The molecule has 1 fully saturated rings. The van der Waals surface area contributed by atoms with Gasteiger partial charge in [0.15, 0.2) is 0 Å². The van der Waals surface area contributed by atoms with Crippen molar-refractivity contribution in [1.29, 1.82) is 0 Å². The Kier molecular flexibility index (Phi) is 5.68. The molecule has 3 unspecified atom stereocenters. The summed E-state index contributed by atoms with van der Waals surface area (Å²) in [5, 5.41) is 14.6. The maximum Gasteiger partial charge on any atom is 0.0693 e. The molecular formula is C16H24ClNO. The molecule has 0 bridgehead atoms. The highest BCUT2D eigenvalue weighted by Gasteiger charge is 2.24. The van der Waals surface area contributed by atoms with Gasteiger partial charge in [-0.25, -0.2) is 0 Å². The molecule has 0 aliphatic heterocycles. The minimum absolute atomic E-state index is 0.205. The van der Waals surface area contributed by atoms with Crippen LogP contribution in [0.15, 0.2) is 24.3 Å². The van der Waals surface area contributed by atoms with E-state index in [1.165, 1.54) is 18.4 Å². The van der Waals surface area contributed by atoms with Gasteiger partial charge in [0.05, 0.1) is 6.10 Å². The van der Waals surface area contributed by atoms with Crippen LogP contribution in [-0.2, 0) is 0 Å². The normalized spacial score (nSPS) is 25.8. The van der Waals surface area contributed by atoms with E-state index in [2.05, 4.69) is 24.4 Å². The van der Waals surface area contributed by atoms with Crippen molar-refractivity contribution in [3.8, 4) is 0 Å². The summed E-state index contributed by atoms with van der Waals surface area (Å²) in [5.74, 6) is 0. The topological polar surface area (TPSA) is 32.3 Å². The quantitative estimate of drug-likeness (QED) is 0.815. The van der Waals surface area contributed by atoms with E-state index >= 15 is 0 Å². The summed E-state index contributed by atoms with van der Waals surface area (Å²) in [6.45, 7) is 2.18. The lowest BCUT2D eigenvalue weighted by Gasteiger charge is -2.28. The van der Waals surface area contributed by atoms with Crippen LogP contribution in [0.25, 0.3) is 0 Å². The summed E-state index contributed by atoms with van der Waals surface area (Å²) < 4.78 is 0. The molecule has 2 rings (SSSR count). The Morgan fingerprint density at radius 3 is 2.58 bits per heavy atom. The number of halogens is 1. The minimum atomic E-state index is -0.205. The van der Waals surface area contributed by atoms with Crippen LogP contribution >= 0.6 is 11.6 Å². The zero-order chi connectivity index (χ0) is 13.7. The largest absolute Gasteiger partial charge is 0.392 e. The molecule has 106 valence electrons. The van der Waals surface area contributed by atoms with Crippen molar-refractivity contribution in [1.82, 2.24) is 5.32 Å². The van der Waals surface area contributed by atoms with Gasteiger partial charge in [0.25, 0.3) is 0 Å². The van der Waals surface area contributed by atoms with E-state index in [9.17, 15) is 5.11 Å². The Balaban J connectivity index is 2.03. The van der Waals surface area contributed by atoms with Gasteiger partial charge in [-0.1, -0.05) is 49.9 Å². The number of nitrogens with one attached hydrogen (secondary N) is 1. The third-order valence-corrected chi connectivity index (χ3v) is 4.33. The van der Waals surface area contributed by atoms with E-state index in [0.29, 0.717) is 6.04 Å². The number of aliphatic hydroxyl groups is 1. The molecule has 2 nitrogen and oxygen atoms in total. The molecule has 1 aromatic rings. The van der Waals surface area contributed by atoms with Crippen molar-refractivity contribution in [3.05, 3.63) is 34.9 Å². The molecular weight excluding hydrogens is 258 g/mol. The van der Waals surface area contributed by atoms with E-state index in [0.717, 1.165) is 30.7 Å². The number of hydrogen-bond acceptors (Lipinski definition) is 2. The molecule has 0 heterocycles. The Labute approximate surface area is 121 Å². The molecule has 3 heteroatoms. The summed E-state index contributed by atoms with van der Waals surface area (Å²) in [6, 6.07) is 8.55. The molecule has 1 aromatic carbocycles. The number of rotatable bonds is 4. The first-order chi connectivity index (χ1) is 9.20. The predicted octanol–water partition coefficient (Wildman–Crippen LogP) is 4.07. The molecule has 0 amide bonds. The van der Waals surface area contributed by atoms with Gasteiger partial charge in [-0.2, -0.15) is 0 Å². The molecule has 0 spiro atoms. The number of aliphatic hydroxyl groups excluding tert-OH is 1. The second kappa shape index (κ2) is 7.28. The molecule has 0 saturated heterocycles. The maximum atomic E-state index is 10.2. The van der Waals surface area contributed by atoms with Gasteiger partial charge in [0, 0.05) is 17.1 Å². The number of benzene rings is 1. The van der Waals surface area contributed by atoms with Gasteiger partial charge in [-0.05, 0) is 37.0 Å². The third-order valence-electron chi connectivity index (χ3n) is 4.08. The Morgan fingerprint density at radius 2 is 1.89 bits per heavy atom. The van der Waals surface area contributed by atoms with Crippen molar-refractivity contribution < 1.29 is 5.11 Å².